The molecule has 0 radical (unpaired) electrons. The van der Waals surface area contributed by atoms with Crippen molar-refractivity contribution >= 4 is 44.8 Å². The Morgan fingerprint density at radius 3 is 2.45 bits per heavy atom. The predicted molar refractivity (Wildman–Crippen MR) is 120 cm³/mol. The number of sulfonamides is 1. The average Bonchev–Trinajstić information content (AvgIpc) is 3.03. The molecule has 11 heteroatoms. The smallest absolute Gasteiger partial charge is 0.287 e. The van der Waals surface area contributed by atoms with E-state index in [0.29, 0.717) is 24.3 Å². The maximum atomic E-state index is 13.2. The van der Waals surface area contributed by atoms with Gasteiger partial charge in [0.1, 0.15) is 11.1 Å². The van der Waals surface area contributed by atoms with Crippen LogP contribution in [-0.4, -0.2) is 41.5 Å². The van der Waals surface area contributed by atoms with E-state index >= 15 is 0 Å². The molecule has 0 saturated carbocycles. The average molecular weight is 487 g/mol. The molecule has 0 aliphatic carbocycles. The van der Waals surface area contributed by atoms with Crippen LogP contribution in [0.1, 0.15) is 44.2 Å². The van der Waals surface area contributed by atoms with E-state index < -0.39 is 27.5 Å². The Balaban J connectivity index is 1.85. The lowest BCUT2D eigenvalue weighted by molar-refractivity contribution is -0.119. The molecule has 3 rings (SSSR count). The number of anilines is 1. The molecule has 0 bridgehead atoms. The molecule has 2 aromatic rings. The highest BCUT2D eigenvalue weighted by Gasteiger charge is 2.27. The number of halogens is 2. The number of aryl methyl sites for hydroxylation is 1. The second-order valence-corrected chi connectivity index (χ2v) is 10.2. The van der Waals surface area contributed by atoms with E-state index in [1.807, 2.05) is 0 Å². The second-order valence-electron chi connectivity index (χ2n) is 7.52. The van der Waals surface area contributed by atoms with Crippen molar-refractivity contribution in [3.05, 3.63) is 50.4 Å². The van der Waals surface area contributed by atoms with Crippen molar-refractivity contribution < 1.29 is 13.2 Å². The first kappa shape index (κ1) is 23.7. The van der Waals surface area contributed by atoms with Crippen LogP contribution in [0, 0.1) is 6.92 Å². The lowest BCUT2D eigenvalue weighted by atomic mass is 10.2. The highest BCUT2D eigenvalue weighted by atomic mass is 35.5. The summed E-state index contributed by atoms with van der Waals surface area (Å²) in [4.78, 5) is 25.1. The van der Waals surface area contributed by atoms with Gasteiger partial charge in [0, 0.05) is 18.8 Å². The number of hydrogen-bond acceptors (Lipinski definition) is 5. The predicted octanol–water partition coefficient (Wildman–Crippen LogP) is 3.62. The van der Waals surface area contributed by atoms with Crippen LogP contribution < -0.4 is 10.9 Å². The van der Waals surface area contributed by atoms with Gasteiger partial charge in [0.15, 0.2) is 0 Å². The van der Waals surface area contributed by atoms with Gasteiger partial charge in [-0.3, -0.25) is 9.59 Å². The molecule has 1 aliphatic heterocycles. The summed E-state index contributed by atoms with van der Waals surface area (Å²) in [6.07, 6.45) is 4.88. The van der Waals surface area contributed by atoms with Gasteiger partial charge >= 0.3 is 0 Å². The molecule has 1 atom stereocenters. The number of carbonyl (C=O) groups is 1. The Labute approximate surface area is 191 Å². The number of nitrogens with zero attached hydrogens (tertiary/aromatic N) is 3. The summed E-state index contributed by atoms with van der Waals surface area (Å²) in [5.41, 5.74) is 0.215. The van der Waals surface area contributed by atoms with Crippen LogP contribution >= 0.6 is 23.2 Å². The Kier molecular flexibility index (Phi) is 7.41. The van der Waals surface area contributed by atoms with Crippen LogP contribution in [0.5, 0.6) is 0 Å². The molecule has 0 spiro atoms. The number of carbonyl (C=O) groups excluding carboxylic acids is 1. The van der Waals surface area contributed by atoms with Crippen LogP contribution in [0.25, 0.3) is 0 Å². The van der Waals surface area contributed by atoms with E-state index in [2.05, 4.69) is 10.4 Å². The number of hydrogen-bond donors (Lipinski definition) is 1. The van der Waals surface area contributed by atoms with E-state index in [1.165, 1.54) is 23.5 Å². The minimum atomic E-state index is -3.68. The topological polar surface area (TPSA) is 101 Å². The maximum absolute atomic E-state index is 13.2. The third kappa shape index (κ3) is 5.11. The Bertz CT molecular complexity index is 1140. The Morgan fingerprint density at radius 1 is 1.16 bits per heavy atom. The van der Waals surface area contributed by atoms with Crippen molar-refractivity contribution in [2.45, 2.75) is 50.5 Å². The summed E-state index contributed by atoms with van der Waals surface area (Å²) in [5, 5.41) is 6.30. The van der Waals surface area contributed by atoms with Crippen molar-refractivity contribution in [3.8, 4) is 0 Å². The van der Waals surface area contributed by atoms with Gasteiger partial charge in [0.2, 0.25) is 15.9 Å². The van der Waals surface area contributed by atoms with E-state index in [0.717, 1.165) is 30.4 Å². The van der Waals surface area contributed by atoms with E-state index in [-0.39, 0.29) is 14.9 Å². The first-order valence-corrected chi connectivity index (χ1v) is 12.2. The van der Waals surface area contributed by atoms with Gasteiger partial charge in [-0.25, -0.2) is 13.1 Å². The molecular formula is C20H24Cl2N4O4S. The van der Waals surface area contributed by atoms with Gasteiger partial charge < -0.3 is 5.32 Å². The van der Waals surface area contributed by atoms with Gasteiger partial charge in [0.25, 0.3) is 5.56 Å². The van der Waals surface area contributed by atoms with E-state index in [9.17, 15) is 18.0 Å². The fourth-order valence-electron chi connectivity index (χ4n) is 3.44. The number of nitrogens with one attached hydrogen (secondary N) is 1. The molecule has 1 aromatic heterocycles. The fraction of sp³-hybridized carbons (Fsp3) is 0.450. The first-order valence-electron chi connectivity index (χ1n) is 9.97. The van der Waals surface area contributed by atoms with Crippen LogP contribution in [-0.2, 0) is 14.8 Å². The number of benzene rings is 1. The van der Waals surface area contributed by atoms with Gasteiger partial charge in [-0.05, 0) is 44.4 Å². The van der Waals surface area contributed by atoms with Gasteiger partial charge in [0.05, 0.1) is 16.1 Å². The molecule has 2 heterocycles. The van der Waals surface area contributed by atoms with Crippen molar-refractivity contribution in [3.63, 3.8) is 0 Å². The van der Waals surface area contributed by atoms with Crippen LogP contribution in [0.3, 0.4) is 0 Å². The summed E-state index contributed by atoms with van der Waals surface area (Å²) in [5.74, 6) is -0.546. The molecule has 1 amide bonds. The molecular weight excluding hydrogens is 463 g/mol. The summed E-state index contributed by atoms with van der Waals surface area (Å²) >= 11 is 11.6. The molecule has 1 aromatic carbocycles. The molecule has 1 fully saturated rings. The summed E-state index contributed by atoms with van der Waals surface area (Å²) < 4.78 is 28.8. The molecule has 1 unspecified atom stereocenters. The zero-order valence-electron chi connectivity index (χ0n) is 17.3. The highest BCUT2D eigenvalue weighted by molar-refractivity contribution is 7.89. The zero-order valence-corrected chi connectivity index (χ0v) is 19.6. The van der Waals surface area contributed by atoms with Crippen molar-refractivity contribution in [1.82, 2.24) is 14.1 Å². The summed E-state index contributed by atoms with van der Waals surface area (Å²) in [6, 6.07) is 3.72. The fourth-order valence-corrected chi connectivity index (χ4v) is 5.46. The summed E-state index contributed by atoms with van der Waals surface area (Å²) in [6.45, 7) is 4.18. The van der Waals surface area contributed by atoms with E-state index in [4.69, 9.17) is 23.2 Å². The molecule has 1 aliphatic rings. The third-order valence-corrected chi connectivity index (χ3v) is 8.08. The summed E-state index contributed by atoms with van der Waals surface area (Å²) in [7, 11) is -3.68. The SMILES string of the molecule is Cc1ccc(NC(=O)C(C)n2ncc(Cl)c(Cl)c2=O)cc1S(=O)(=O)N1CCCCCC1. The first-order chi connectivity index (χ1) is 14.6. The molecule has 8 nitrogen and oxygen atoms in total. The van der Waals surface area contributed by atoms with Gasteiger partial charge in [-0.1, -0.05) is 42.1 Å². The minimum Gasteiger partial charge on any atom is -0.324 e. The lowest BCUT2D eigenvalue weighted by Gasteiger charge is -2.22. The third-order valence-electron chi connectivity index (χ3n) is 5.29. The minimum absolute atomic E-state index is 0.00239. The molecule has 1 saturated heterocycles. The Hall–Kier alpha value is -1.94. The van der Waals surface area contributed by atoms with Crippen LogP contribution in [0.2, 0.25) is 10.0 Å². The maximum Gasteiger partial charge on any atom is 0.287 e. The Morgan fingerprint density at radius 2 is 1.81 bits per heavy atom. The standard InChI is InChI=1S/C20H24Cl2N4O4S/c1-13-7-8-15(11-17(13)31(29,30)25-9-5-3-4-6-10-25)24-19(27)14(2)26-20(28)18(22)16(21)12-23-26/h7-8,11-12,14H,3-6,9-10H2,1-2H3,(H,24,27). The normalized spacial score (nSPS) is 16.5. The highest BCUT2D eigenvalue weighted by Crippen LogP contribution is 2.26. The van der Waals surface area contributed by atoms with Crippen LogP contribution in [0.4, 0.5) is 5.69 Å². The monoisotopic (exact) mass is 486 g/mol. The van der Waals surface area contributed by atoms with Crippen LogP contribution in [0.15, 0.2) is 34.1 Å². The number of rotatable bonds is 5. The zero-order chi connectivity index (χ0) is 22.8. The van der Waals surface area contributed by atoms with Gasteiger partial charge in [-0.2, -0.15) is 9.40 Å². The number of aromatic nitrogens is 2. The van der Waals surface area contributed by atoms with Crippen molar-refractivity contribution in [2.24, 2.45) is 0 Å². The van der Waals surface area contributed by atoms with Crippen molar-refractivity contribution in [1.29, 1.82) is 0 Å². The lowest BCUT2D eigenvalue weighted by Crippen LogP contribution is -2.34. The largest absolute Gasteiger partial charge is 0.324 e. The second kappa shape index (κ2) is 9.68. The molecule has 31 heavy (non-hydrogen) atoms. The van der Waals surface area contributed by atoms with E-state index in [1.54, 1.807) is 19.1 Å². The number of amides is 1. The quantitative estimate of drug-likeness (QED) is 0.694. The van der Waals surface area contributed by atoms with Crippen molar-refractivity contribution in [2.75, 3.05) is 18.4 Å². The molecule has 168 valence electrons. The molecule has 1 N–H and O–H groups in total. The van der Waals surface area contributed by atoms with Gasteiger partial charge in [-0.15, -0.1) is 0 Å².